The Balaban J connectivity index is 1.57. The van der Waals surface area contributed by atoms with Gasteiger partial charge in [-0.25, -0.2) is 0 Å². The van der Waals surface area contributed by atoms with Crippen LogP contribution in [-0.2, 0) is 13.1 Å². The second-order valence-electron chi connectivity index (χ2n) is 7.45. The standard InChI is InChI=1S/C24H27N3O/c1-16-11-12-24(17(2)26-16)27-15-22-21(18(27)3)9-6-10-23(22)25-14-19-7-5-8-20(13-19)28-4/h5-10,13,25H,3,11-12,14-15H2,1-2,4H3. The van der Waals surface area contributed by atoms with Crippen molar-refractivity contribution in [3.05, 3.63) is 77.1 Å². The summed E-state index contributed by atoms with van der Waals surface area (Å²) in [6, 6.07) is 14.6. The molecule has 0 saturated carbocycles. The van der Waals surface area contributed by atoms with Gasteiger partial charge in [-0.05, 0) is 50.5 Å². The van der Waals surface area contributed by atoms with Crippen molar-refractivity contribution in [1.82, 2.24) is 4.90 Å². The van der Waals surface area contributed by atoms with Crippen LogP contribution in [0, 0.1) is 0 Å². The molecular formula is C24H27N3O. The van der Waals surface area contributed by atoms with Crippen LogP contribution in [-0.4, -0.2) is 17.7 Å². The highest BCUT2D eigenvalue weighted by Gasteiger charge is 2.28. The van der Waals surface area contributed by atoms with Crippen molar-refractivity contribution in [3.63, 3.8) is 0 Å². The molecule has 0 unspecified atom stereocenters. The number of benzene rings is 2. The fourth-order valence-electron chi connectivity index (χ4n) is 4.05. The largest absolute Gasteiger partial charge is 0.497 e. The number of allylic oxidation sites excluding steroid dienone is 2. The zero-order valence-electron chi connectivity index (χ0n) is 16.9. The molecule has 0 amide bonds. The molecule has 2 aliphatic heterocycles. The fraction of sp³-hybridized carbons (Fsp3) is 0.292. The maximum Gasteiger partial charge on any atom is 0.119 e. The van der Waals surface area contributed by atoms with Crippen LogP contribution in [0.3, 0.4) is 0 Å². The molecule has 2 aromatic carbocycles. The quantitative estimate of drug-likeness (QED) is 0.743. The lowest BCUT2D eigenvalue weighted by Crippen LogP contribution is -2.19. The van der Waals surface area contributed by atoms with Crippen LogP contribution in [0.4, 0.5) is 5.69 Å². The van der Waals surface area contributed by atoms with E-state index in [0.717, 1.165) is 48.8 Å². The van der Waals surface area contributed by atoms with E-state index in [4.69, 9.17) is 9.73 Å². The monoisotopic (exact) mass is 373 g/mol. The molecule has 2 aromatic rings. The summed E-state index contributed by atoms with van der Waals surface area (Å²) in [5.74, 6) is 0.882. The summed E-state index contributed by atoms with van der Waals surface area (Å²) in [7, 11) is 1.70. The lowest BCUT2D eigenvalue weighted by Gasteiger charge is -2.27. The molecular weight excluding hydrogens is 346 g/mol. The van der Waals surface area contributed by atoms with Crippen LogP contribution in [0.15, 0.2) is 65.4 Å². The van der Waals surface area contributed by atoms with Gasteiger partial charge in [0.2, 0.25) is 0 Å². The third kappa shape index (κ3) is 3.42. The molecule has 0 saturated heterocycles. The fourth-order valence-corrected chi connectivity index (χ4v) is 4.05. The first-order valence-corrected chi connectivity index (χ1v) is 9.76. The number of anilines is 1. The van der Waals surface area contributed by atoms with Gasteiger partial charge in [0.25, 0.3) is 0 Å². The Morgan fingerprint density at radius 1 is 1.14 bits per heavy atom. The summed E-state index contributed by atoms with van der Waals surface area (Å²) in [4.78, 5) is 7.05. The normalized spacial score (nSPS) is 16.2. The van der Waals surface area contributed by atoms with E-state index in [-0.39, 0.29) is 0 Å². The molecule has 0 aromatic heterocycles. The van der Waals surface area contributed by atoms with Crippen LogP contribution in [0.2, 0.25) is 0 Å². The predicted molar refractivity (Wildman–Crippen MR) is 116 cm³/mol. The van der Waals surface area contributed by atoms with Gasteiger partial charge < -0.3 is 15.0 Å². The molecule has 0 fully saturated rings. The molecule has 2 aliphatic rings. The second kappa shape index (κ2) is 7.55. The van der Waals surface area contributed by atoms with E-state index in [0.29, 0.717) is 0 Å². The van der Waals surface area contributed by atoms with Crippen molar-refractivity contribution < 1.29 is 4.74 Å². The van der Waals surface area contributed by atoms with Crippen LogP contribution in [0.1, 0.15) is 43.4 Å². The highest BCUT2D eigenvalue weighted by Crippen LogP contribution is 2.41. The summed E-state index contributed by atoms with van der Waals surface area (Å²) >= 11 is 0. The Kier molecular flexibility index (Phi) is 4.95. The number of methoxy groups -OCH3 is 1. The van der Waals surface area contributed by atoms with Crippen molar-refractivity contribution in [2.45, 2.75) is 39.8 Å². The Hall–Kier alpha value is -3.01. The van der Waals surface area contributed by atoms with Gasteiger partial charge in [-0.3, -0.25) is 4.99 Å². The van der Waals surface area contributed by atoms with Gasteiger partial charge >= 0.3 is 0 Å². The lowest BCUT2D eigenvalue weighted by molar-refractivity contribution is 0.414. The average Bonchev–Trinajstić information content (AvgIpc) is 3.04. The maximum atomic E-state index is 5.33. The van der Waals surface area contributed by atoms with Crippen molar-refractivity contribution in [3.8, 4) is 5.75 Å². The molecule has 2 heterocycles. The van der Waals surface area contributed by atoms with Crippen molar-refractivity contribution in [1.29, 1.82) is 0 Å². The zero-order chi connectivity index (χ0) is 19.7. The molecule has 28 heavy (non-hydrogen) atoms. The summed E-state index contributed by atoms with van der Waals surface area (Å²) in [5, 5.41) is 3.61. The minimum atomic E-state index is 0.755. The minimum absolute atomic E-state index is 0.755. The summed E-state index contributed by atoms with van der Waals surface area (Å²) in [6.45, 7) is 10.2. The Bertz CT molecular complexity index is 987. The Labute approximate surface area is 167 Å². The SMILES string of the molecule is C=C1c2cccc(NCc3cccc(OC)c3)c2CN1C1=C(C)N=C(C)CC1. The van der Waals surface area contributed by atoms with E-state index < -0.39 is 0 Å². The number of nitrogens with zero attached hydrogens (tertiary/aromatic N) is 2. The van der Waals surface area contributed by atoms with E-state index in [1.807, 2.05) is 12.1 Å². The third-order valence-corrected chi connectivity index (χ3v) is 5.57. The highest BCUT2D eigenvalue weighted by atomic mass is 16.5. The molecule has 0 atom stereocenters. The molecule has 4 rings (SSSR count). The number of ether oxygens (including phenoxy) is 1. The van der Waals surface area contributed by atoms with E-state index in [1.54, 1.807) is 7.11 Å². The Morgan fingerprint density at radius 2 is 1.96 bits per heavy atom. The van der Waals surface area contributed by atoms with Gasteiger partial charge in [0.05, 0.1) is 19.4 Å². The van der Waals surface area contributed by atoms with Crippen molar-refractivity contribution in [2.24, 2.45) is 4.99 Å². The topological polar surface area (TPSA) is 36.9 Å². The number of aliphatic imine (C=N–C) groups is 1. The number of fused-ring (bicyclic) bond motifs is 1. The van der Waals surface area contributed by atoms with Gasteiger partial charge in [-0.15, -0.1) is 0 Å². The van der Waals surface area contributed by atoms with Crippen LogP contribution in [0.5, 0.6) is 5.75 Å². The molecule has 0 spiro atoms. The van der Waals surface area contributed by atoms with Gasteiger partial charge in [0.15, 0.2) is 0 Å². The minimum Gasteiger partial charge on any atom is -0.497 e. The smallest absolute Gasteiger partial charge is 0.119 e. The molecule has 4 heteroatoms. The molecule has 0 aliphatic carbocycles. The molecule has 4 nitrogen and oxygen atoms in total. The van der Waals surface area contributed by atoms with Crippen molar-refractivity contribution >= 4 is 17.1 Å². The van der Waals surface area contributed by atoms with Gasteiger partial charge in [-0.2, -0.15) is 0 Å². The van der Waals surface area contributed by atoms with E-state index in [9.17, 15) is 0 Å². The zero-order valence-corrected chi connectivity index (χ0v) is 16.9. The first kappa shape index (κ1) is 18.4. The van der Waals surface area contributed by atoms with Crippen LogP contribution in [0.25, 0.3) is 5.70 Å². The van der Waals surface area contributed by atoms with Crippen molar-refractivity contribution in [2.75, 3.05) is 12.4 Å². The highest BCUT2D eigenvalue weighted by molar-refractivity contribution is 5.84. The molecule has 144 valence electrons. The van der Waals surface area contributed by atoms with Gasteiger partial charge in [0, 0.05) is 40.5 Å². The number of hydrogen-bond donors (Lipinski definition) is 1. The van der Waals surface area contributed by atoms with E-state index in [2.05, 4.69) is 61.0 Å². The average molecular weight is 374 g/mol. The Morgan fingerprint density at radius 3 is 2.75 bits per heavy atom. The summed E-state index contributed by atoms with van der Waals surface area (Å²) < 4.78 is 5.33. The third-order valence-electron chi connectivity index (χ3n) is 5.57. The van der Waals surface area contributed by atoms with Crippen LogP contribution < -0.4 is 10.1 Å². The molecule has 0 radical (unpaired) electrons. The van der Waals surface area contributed by atoms with E-state index in [1.165, 1.54) is 28.1 Å². The second-order valence-corrected chi connectivity index (χ2v) is 7.45. The van der Waals surface area contributed by atoms with Crippen LogP contribution >= 0.6 is 0 Å². The number of rotatable bonds is 5. The first-order chi connectivity index (χ1) is 13.6. The summed E-state index contributed by atoms with van der Waals surface area (Å²) in [5.41, 5.74) is 9.59. The predicted octanol–water partition coefficient (Wildman–Crippen LogP) is 5.58. The molecule has 1 N–H and O–H groups in total. The maximum absolute atomic E-state index is 5.33. The van der Waals surface area contributed by atoms with Gasteiger partial charge in [0.1, 0.15) is 5.75 Å². The first-order valence-electron chi connectivity index (χ1n) is 9.76. The lowest BCUT2D eigenvalue weighted by atomic mass is 10.1. The molecule has 0 bridgehead atoms. The number of nitrogens with one attached hydrogen (secondary N) is 1. The van der Waals surface area contributed by atoms with E-state index >= 15 is 0 Å². The summed E-state index contributed by atoms with van der Waals surface area (Å²) in [6.07, 6.45) is 2.05. The number of hydrogen-bond acceptors (Lipinski definition) is 4. The van der Waals surface area contributed by atoms with Gasteiger partial charge in [-0.1, -0.05) is 30.8 Å².